The monoisotopic (exact) mass is 643 g/mol. The van der Waals surface area contributed by atoms with Crippen molar-refractivity contribution in [2.75, 3.05) is 13.2 Å². The zero-order valence-electron chi connectivity index (χ0n) is 30.9. The van der Waals surface area contributed by atoms with Gasteiger partial charge in [0.15, 0.2) is 0 Å². The van der Waals surface area contributed by atoms with Crippen LogP contribution in [0.1, 0.15) is 215 Å². The summed E-state index contributed by atoms with van der Waals surface area (Å²) >= 11 is 0. The molecule has 0 aliphatic heterocycles. The van der Waals surface area contributed by atoms with E-state index in [9.17, 15) is 9.59 Å². The first-order valence-electron chi connectivity index (χ1n) is 19.8. The van der Waals surface area contributed by atoms with Crippen molar-refractivity contribution in [3.8, 4) is 0 Å². The summed E-state index contributed by atoms with van der Waals surface area (Å²) < 4.78 is 10.9. The summed E-state index contributed by atoms with van der Waals surface area (Å²) in [6.07, 6.45) is 33.8. The second kappa shape index (κ2) is 30.5. The van der Waals surface area contributed by atoms with E-state index in [1.807, 2.05) is 0 Å². The molecule has 266 valence electrons. The van der Waals surface area contributed by atoms with Gasteiger partial charge in [-0.3, -0.25) is 0 Å². The van der Waals surface area contributed by atoms with Crippen LogP contribution in [-0.2, 0) is 9.47 Å². The highest BCUT2D eigenvalue weighted by Gasteiger charge is 2.11. The number of unbranched alkanes of at least 4 members (excludes halogenated alkanes) is 22. The Morgan fingerprint density at radius 3 is 0.848 bits per heavy atom. The van der Waals surface area contributed by atoms with Gasteiger partial charge in [-0.1, -0.05) is 182 Å². The van der Waals surface area contributed by atoms with E-state index in [0.717, 1.165) is 37.5 Å². The molecular formula is C42H74O4. The van der Waals surface area contributed by atoms with Crippen molar-refractivity contribution in [2.45, 2.75) is 195 Å². The number of hydrogen-bond donors (Lipinski definition) is 0. The Kier molecular flexibility index (Phi) is 28.0. The van der Waals surface area contributed by atoms with Gasteiger partial charge in [0.05, 0.1) is 24.3 Å². The normalized spacial score (nSPS) is 11.4. The maximum atomic E-state index is 12.4. The van der Waals surface area contributed by atoms with Crippen LogP contribution in [0.3, 0.4) is 0 Å². The van der Waals surface area contributed by atoms with E-state index in [0.29, 0.717) is 24.3 Å². The molecule has 0 bridgehead atoms. The number of esters is 2. The molecule has 0 saturated heterocycles. The van der Waals surface area contributed by atoms with Crippen LogP contribution >= 0.6 is 0 Å². The van der Waals surface area contributed by atoms with Crippen LogP contribution < -0.4 is 0 Å². The molecule has 46 heavy (non-hydrogen) atoms. The molecule has 0 saturated carbocycles. The van der Waals surface area contributed by atoms with Gasteiger partial charge in [0.25, 0.3) is 0 Å². The molecule has 0 aliphatic carbocycles. The molecular weight excluding hydrogens is 568 g/mol. The summed E-state index contributed by atoms with van der Waals surface area (Å²) in [6, 6.07) is 6.66. The number of rotatable bonds is 32. The van der Waals surface area contributed by atoms with Crippen LogP contribution in [0.5, 0.6) is 0 Å². The molecule has 0 unspecified atom stereocenters. The van der Waals surface area contributed by atoms with E-state index in [4.69, 9.17) is 9.47 Å². The van der Waals surface area contributed by atoms with Crippen LogP contribution in [0.25, 0.3) is 0 Å². The number of carbonyl (C=O) groups excluding carboxylic acids is 2. The van der Waals surface area contributed by atoms with Crippen LogP contribution in [0.4, 0.5) is 0 Å². The summed E-state index contributed by atoms with van der Waals surface area (Å²) in [4.78, 5) is 24.7. The standard InChI is InChI=1S/C42H74O4/c1-37(2)29-25-21-17-13-9-5-7-11-15-19-23-27-35-45-41(43)39-31-33-40(34-32-39)42(44)46-36-28-24-20-16-12-8-6-10-14-18-22-26-30-38(3)4/h31-34,37-38H,5-30,35-36H2,1-4H3. The highest BCUT2D eigenvalue weighted by atomic mass is 16.5. The fourth-order valence-electron chi connectivity index (χ4n) is 6.08. The van der Waals surface area contributed by atoms with Gasteiger partial charge in [-0.05, 0) is 48.9 Å². The van der Waals surface area contributed by atoms with Gasteiger partial charge < -0.3 is 9.47 Å². The first-order chi connectivity index (χ1) is 22.4. The van der Waals surface area contributed by atoms with Gasteiger partial charge in [-0.15, -0.1) is 0 Å². The maximum absolute atomic E-state index is 12.4. The molecule has 0 atom stereocenters. The molecule has 4 nitrogen and oxygen atoms in total. The van der Waals surface area contributed by atoms with Crippen molar-refractivity contribution in [1.82, 2.24) is 0 Å². The fraction of sp³-hybridized carbons (Fsp3) is 0.810. The lowest BCUT2D eigenvalue weighted by Crippen LogP contribution is -2.09. The van der Waals surface area contributed by atoms with Gasteiger partial charge in [0.1, 0.15) is 0 Å². The van der Waals surface area contributed by atoms with Gasteiger partial charge in [0, 0.05) is 0 Å². The molecule has 0 amide bonds. The lowest BCUT2D eigenvalue weighted by molar-refractivity contribution is 0.0483. The van der Waals surface area contributed by atoms with Crippen molar-refractivity contribution >= 4 is 11.9 Å². The average Bonchev–Trinajstić information content (AvgIpc) is 3.04. The average molecular weight is 643 g/mol. The minimum Gasteiger partial charge on any atom is -0.462 e. The lowest BCUT2D eigenvalue weighted by Gasteiger charge is -2.07. The van der Waals surface area contributed by atoms with Crippen molar-refractivity contribution in [3.63, 3.8) is 0 Å². The van der Waals surface area contributed by atoms with Gasteiger partial charge in [-0.2, -0.15) is 0 Å². The molecule has 0 spiro atoms. The largest absolute Gasteiger partial charge is 0.462 e. The van der Waals surface area contributed by atoms with Crippen molar-refractivity contribution in [3.05, 3.63) is 35.4 Å². The molecule has 0 heterocycles. The third kappa shape index (κ3) is 26.3. The molecule has 1 aromatic carbocycles. The van der Waals surface area contributed by atoms with E-state index >= 15 is 0 Å². The Labute approximate surface area is 285 Å². The summed E-state index contributed by atoms with van der Waals surface area (Å²) in [5, 5.41) is 0. The highest BCUT2D eigenvalue weighted by Crippen LogP contribution is 2.16. The van der Waals surface area contributed by atoms with E-state index in [1.54, 1.807) is 24.3 Å². The van der Waals surface area contributed by atoms with Crippen molar-refractivity contribution in [1.29, 1.82) is 0 Å². The molecule has 4 heteroatoms. The van der Waals surface area contributed by atoms with Crippen molar-refractivity contribution < 1.29 is 19.1 Å². The number of ether oxygens (including phenoxy) is 2. The molecule has 1 rings (SSSR count). The number of hydrogen-bond acceptors (Lipinski definition) is 4. The first-order valence-corrected chi connectivity index (χ1v) is 19.8. The second-order valence-electron chi connectivity index (χ2n) is 14.7. The highest BCUT2D eigenvalue weighted by molar-refractivity contribution is 5.93. The van der Waals surface area contributed by atoms with Crippen LogP contribution in [0.15, 0.2) is 24.3 Å². The zero-order chi connectivity index (χ0) is 33.5. The third-order valence-corrected chi connectivity index (χ3v) is 9.17. The zero-order valence-corrected chi connectivity index (χ0v) is 30.9. The molecule has 1 aromatic rings. The van der Waals surface area contributed by atoms with Gasteiger partial charge in [0.2, 0.25) is 0 Å². The van der Waals surface area contributed by atoms with E-state index < -0.39 is 0 Å². The van der Waals surface area contributed by atoms with Crippen LogP contribution in [-0.4, -0.2) is 25.2 Å². The maximum Gasteiger partial charge on any atom is 0.338 e. The van der Waals surface area contributed by atoms with E-state index in [2.05, 4.69) is 27.7 Å². The summed E-state index contributed by atoms with van der Waals surface area (Å²) in [6.45, 7) is 10.2. The smallest absolute Gasteiger partial charge is 0.338 e. The Balaban J connectivity index is 1.94. The molecule has 0 fully saturated rings. The molecule has 0 N–H and O–H groups in total. The topological polar surface area (TPSA) is 52.6 Å². The lowest BCUT2D eigenvalue weighted by atomic mass is 10.0. The van der Waals surface area contributed by atoms with E-state index in [-0.39, 0.29) is 11.9 Å². The fourth-order valence-corrected chi connectivity index (χ4v) is 6.08. The van der Waals surface area contributed by atoms with Crippen molar-refractivity contribution in [2.24, 2.45) is 11.8 Å². The van der Waals surface area contributed by atoms with Crippen LogP contribution in [0.2, 0.25) is 0 Å². The molecule has 0 aliphatic rings. The summed E-state index contributed by atoms with van der Waals surface area (Å²) in [7, 11) is 0. The number of benzene rings is 1. The Bertz CT molecular complexity index is 760. The predicted octanol–water partition coefficient (Wildman–Crippen LogP) is 13.5. The Morgan fingerprint density at radius 2 is 0.609 bits per heavy atom. The third-order valence-electron chi connectivity index (χ3n) is 9.17. The quantitative estimate of drug-likeness (QED) is 0.0579. The molecule has 0 radical (unpaired) electrons. The summed E-state index contributed by atoms with van der Waals surface area (Å²) in [5.74, 6) is 1.06. The minimum atomic E-state index is -0.318. The molecule has 0 aromatic heterocycles. The second-order valence-corrected chi connectivity index (χ2v) is 14.7. The van der Waals surface area contributed by atoms with Gasteiger partial charge in [-0.25, -0.2) is 9.59 Å². The van der Waals surface area contributed by atoms with Gasteiger partial charge >= 0.3 is 11.9 Å². The SMILES string of the molecule is CC(C)CCCCCCCCCCCCCCOC(=O)c1ccc(C(=O)OCCCCCCCCCCCCCCC(C)C)cc1. The summed E-state index contributed by atoms with van der Waals surface area (Å²) in [5.41, 5.74) is 0.969. The predicted molar refractivity (Wildman–Crippen MR) is 197 cm³/mol. The van der Waals surface area contributed by atoms with E-state index in [1.165, 1.54) is 141 Å². The number of carbonyl (C=O) groups is 2. The Morgan fingerprint density at radius 1 is 0.391 bits per heavy atom. The minimum absolute atomic E-state index is 0.318. The Hall–Kier alpha value is -1.84. The first kappa shape index (κ1) is 42.2. The van der Waals surface area contributed by atoms with Crippen LogP contribution in [0, 0.1) is 11.8 Å².